The zero-order valence-corrected chi connectivity index (χ0v) is 19.7. The summed E-state index contributed by atoms with van der Waals surface area (Å²) >= 11 is 12.6. The lowest BCUT2D eigenvalue weighted by molar-refractivity contribution is -0.0226. The lowest BCUT2D eigenvalue weighted by Gasteiger charge is -2.40. The summed E-state index contributed by atoms with van der Waals surface area (Å²) in [7, 11) is 0. The van der Waals surface area contributed by atoms with Crippen LogP contribution in [0.5, 0.6) is 0 Å². The Balaban J connectivity index is 1.34. The third-order valence-electron chi connectivity index (χ3n) is 6.90. The highest BCUT2D eigenvalue weighted by atomic mass is 35.5. The van der Waals surface area contributed by atoms with Crippen LogP contribution < -0.4 is 10.2 Å². The number of halogens is 2. The van der Waals surface area contributed by atoms with Crippen molar-refractivity contribution in [3.63, 3.8) is 0 Å². The van der Waals surface area contributed by atoms with Crippen LogP contribution >= 0.6 is 23.2 Å². The number of fused-ring (bicyclic) bond motifs is 1. The van der Waals surface area contributed by atoms with E-state index in [2.05, 4.69) is 49.8 Å². The predicted molar refractivity (Wildman–Crippen MR) is 131 cm³/mol. The minimum Gasteiger partial charge on any atom is -0.377 e. The highest BCUT2D eigenvalue weighted by Gasteiger charge is 2.30. The van der Waals surface area contributed by atoms with Gasteiger partial charge in [-0.2, -0.15) is 0 Å². The van der Waals surface area contributed by atoms with E-state index in [1.165, 1.54) is 5.69 Å². The Kier molecular flexibility index (Phi) is 6.32. The number of rotatable bonds is 5. The predicted octanol–water partition coefficient (Wildman–Crippen LogP) is 4.14. The van der Waals surface area contributed by atoms with Gasteiger partial charge in [0.15, 0.2) is 0 Å². The largest absolute Gasteiger partial charge is 0.377 e. The highest BCUT2D eigenvalue weighted by Crippen LogP contribution is 2.32. The van der Waals surface area contributed by atoms with Gasteiger partial charge in [-0.3, -0.25) is 4.90 Å². The number of nitrogens with zero attached hydrogens (tertiary/aromatic N) is 4. The fraction of sp³-hybridized carbons (Fsp3) is 0.458. The van der Waals surface area contributed by atoms with Crippen molar-refractivity contribution in [2.24, 2.45) is 0 Å². The van der Waals surface area contributed by atoms with E-state index >= 15 is 0 Å². The van der Waals surface area contributed by atoms with Gasteiger partial charge in [-0.15, -0.1) is 0 Å². The standard InChI is InChI=1S/C24H29Cl2N5O/c1-16(19-6-4-17(25)13-20(19)26)31-15-28-21-7-5-18(14-23(21)31)29-9-11-30(12-10-29)24(32)22-3-2-8-27-22/h4-7,13-16,22,24,27,32H,2-3,8-12H2,1H3/t16?,22-,24?/m1/s1. The number of imidazole rings is 1. The molecule has 32 heavy (non-hydrogen) atoms. The van der Waals surface area contributed by atoms with Crippen molar-refractivity contribution in [3.8, 4) is 0 Å². The molecule has 2 aliphatic rings. The van der Waals surface area contributed by atoms with Crippen molar-refractivity contribution in [2.75, 3.05) is 37.6 Å². The molecule has 2 saturated heterocycles. The Morgan fingerprint density at radius 2 is 1.91 bits per heavy atom. The number of nitrogens with one attached hydrogen (secondary N) is 1. The van der Waals surface area contributed by atoms with Gasteiger partial charge < -0.3 is 19.9 Å². The summed E-state index contributed by atoms with van der Waals surface area (Å²) in [5.74, 6) is 0. The molecule has 8 heteroatoms. The Bertz CT molecular complexity index is 1090. The van der Waals surface area contributed by atoms with E-state index < -0.39 is 6.23 Å². The molecular formula is C24H29Cl2N5O. The second-order valence-corrected chi connectivity index (χ2v) is 9.65. The molecule has 0 saturated carbocycles. The molecule has 0 spiro atoms. The fourth-order valence-corrected chi connectivity index (χ4v) is 5.54. The van der Waals surface area contributed by atoms with Gasteiger partial charge in [-0.1, -0.05) is 29.3 Å². The maximum atomic E-state index is 10.7. The summed E-state index contributed by atoms with van der Waals surface area (Å²) in [6, 6.07) is 12.3. The molecule has 2 fully saturated rings. The molecule has 5 rings (SSSR count). The first-order valence-electron chi connectivity index (χ1n) is 11.3. The molecule has 0 aliphatic carbocycles. The Morgan fingerprint density at radius 1 is 1.09 bits per heavy atom. The molecule has 0 radical (unpaired) electrons. The first-order chi connectivity index (χ1) is 15.5. The topological polar surface area (TPSA) is 56.6 Å². The molecule has 3 atom stereocenters. The minimum absolute atomic E-state index is 0.0333. The molecule has 2 N–H and O–H groups in total. The van der Waals surface area contributed by atoms with Crippen LogP contribution in [-0.4, -0.2) is 64.6 Å². The van der Waals surface area contributed by atoms with Gasteiger partial charge in [0.25, 0.3) is 0 Å². The van der Waals surface area contributed by atoms with Crippen LogP contribution in [0.15, 0.2) is 42.7 Å². The van der Waals surface area contributed by atoms with E-state index in [-0.39, 0.29) is 12.1 Å². The number of benzene rings is 2. The van der Waals surface area contributed by atoms with E-state index in [4.69, 9.17) is 23.2 Å². The van der Waals surface area contributed by atoms with Gasteiger partial charge in [0.05, 0.1) is 23.4 Å². The Hall–Kier alpha value is -1.83. The molecule has 0 bridgehead atoms. The molecule has 2 aliphatic heterocycles. The quantitative estimate of drug-likeness (QED) is 0.582. The first kappa shape index (κ1) is 22.0. The van der Waals surface area contributed by atoms with E-state index in [0.29, 0.717) is 10.0 Å². The van der Waals surface area contributed by atoms with Gasteiger partial charge in [0.2, 0.25) is 0 Å². The number of aromatic nitrogens is 2. The average Bonchev–Trinajstić information content (AvgIpc) is 3.48. The van der Waals surface area contributed by atoms with Gasteiger partial charge in [0, 0.05) is 48.0 Å². The third-order valence-corrected chi connectivity index (χ3v) is 7.46. The zero-order chi connectivity index (χ0) is 22.2. The van der Waals surface area contributed by atoms with Gasteiger partial charge in [0.1, 0.15) is 6.23 Å². The van der Waals surface area contributed by atoms with E-state index in [9.17, 15) is 5.11 Å². The summed E-state index contributed by atoms with van der Waals surface area (Å²) in [6.45, 7) is 6.63. The van der Waals surface area contributed by atoms with Crippen molar-refractivity contribution >= 4 is 39.9 Å². The smallest absolute Gasteiger partial charge is 0.122 e. The van der Waals surface area contributed by atoms with E-state index in [0.717, 1.165) is 62.2 Å². The van der Waals surface area contributed by atoms with Crippen molar-refractivity contribution < 1.29 is 5.11 Å². The summed E-state index contributed by atoms with van der Waals surface area (Å²) in [4.78, 5) is 9.20. The fourth-order valence-electron chi connectivity index (χ4n) is 4.98. The lowest BCUT2D eigenvalue weighted by atomic mass is 10.1. The van der Waals surface area contributed by atoms with Gasteiger partial charge >= 0.3 is 0 Å². The molecule has 1 aromatic heterocycles. The van der Waals surface area contributed by atoms with Crippen LogP contribution in [0.3, 0.4) is 0 Å². The number of anilines is 1. The van der Waals surface area contributed by atoms with Crippen molar-refractivity contribution in [1.82, 2.24) is 19.8 Å². The van der Waals surface area contributed by atoms with Crippen molar-refractivity contribution in [2.45, 2.75) is 38.1 Å². The van der Waals surface area contributed by atoms with Crippen molar-refractivity contribution in [1.29, 1.82) is 0 Å². The minimum atomic E-state index is -0.395. The van der Waals surface area contributed by atoms with Crippen LogP contribution in [-0.2, 0) is 0 Å². The van der Waals surface area contributed by atoms with Crippen LogP contribution in [0, 0.1) is 0 Å². The van der Waals surface area contributed by atoms with Crippen LogP contribution in [0.2, 0.25) is 10.0 Å². The van der Waals surface area contributed by atoms with Crippen LogP contribution in [0.1, 0.15) is 31.4 Å². The third kappa shape index (κ3) is 4.22. The van der Waals surface area contributed by atoms with Crippen LogP contribution in [0.4, 0.5) is 5.69 Å². The summed E-state index contributed by atoms with van der Waals surface area (Å²) in [5.41, 5.74) is 4.25. The lowest BCUT2D eigenvalue weighted by Crippen LogP contribution is -2.55. The number of hydrogen-bond acceptors (Lipinski definition) is 5. The summed E-state index contributed by atoms with van der Waals surface area (Å²) < 4.78 is 2.17. The maximum Gasteiger partial charge on any atom is 0.122 e. The molecule has 3 heterocycles. The molecule has 2 aromatic carbocycles. The molecular weight excluding hydrogens is 445 g/mol. The molecule has 2 unspecified atom stereocenters. The first-order valence-corrected chi connectivity index (χ1v) is 12.1. The normalized spacial score (nSPS) is 21.9. The SMILES string of the molecule is CC(c1ccc(Cl)cc1Cl)n1cnc2ccc(N3CCN(C(O)[C@H]4CCCN4)CC3)cc21. The summed E-state index contributed by atoms with van der Waals surface area (Å²) in [5, 5.41) is 15.4. The number of piperazine rings is 1. The summed E-state index contributed by atoms with van der Waals surface area (Å²) in [6.07, 6.45) is 3.69. The number of aliphatic hydroxyl groups excluding tert-OH is 1. The van der Waals surface area contributed by atoms with Crippen LogP contribution in [0.25, 0.3) is 11.0 Å². The number of hydrogen-bond donors (Lipinski definition) is 2. The Morgan fingerprint density at radius 3 is 2.62 bits per heavy atom. The zero-order valence-electron chi connectivity index (χ0n) is 18.2. The van der Waals surface area contributed by atoms with E-state index in [1.54, 1.807) is 6.07 Å². The average molecular weight is 474 g/mol. The Labute approximate surface area is 198 Å². The second-order valence-electron chi connectivity index (χ2n) is 8.81. The van der Waals surface area contributed by atoms with E-state index in [1.807, 2.05) is 18.5 Å². The molecule has 3 aromatic rings. The monoisotopic (exact) mass is 473 g/mol. The molecule has 0 amide bonds. The van der Waals surface area contributed by atoms with Gasteiger partial charge in [-0.25, -0.2) is 4.98 Å². The highest BCUT2D eigenvalue weighted by molar-refractivity contribution is 6.35. The molecule has 6 nitrogen and oxygen atoms in total. The maximum absolute atomic E-state index is 10.7. The van der Waals surface area contributed by atoms with Gasteiger partial charge in [-0.05, 0) is 62.2 Å². The second kappa shape index (κ2) is 9.20. The molecule has 170 valence electrons. The number of aliphatic hydroxyl groups is 1. The van der Waals surface area contributed by atoms with Crippen molar-refractivity contribution in [3.05, 3.63) is 58.3 Å².